The highest BCUT2D eigenvalue weighted by Crippen LogP contribution is 2.54. The second-order valence-corrected chi connectivity index (χ2v) is 8.47. The van der Waals surface area contributed by atoms with Crippen LogP contribution in [0.1, 0.15) is 47.1 Å². The van der Waals surface area contributed by atoms with E-state index in [9.17, 15) is 9.77 Å². The first-order chi connectivity index (χ1) is 10.2. The van der Waals surface area contributed by atoms with E-state index in [2.05, 4.69) is 20.8 Å². The lowest BCUT2D eigenvalue weighted by Crippen LogP contribution is -2.29. The molecule has 1 radical (unpaired) electrons. The van der Waals surface area contributed by atoms with Gasteiger partial charge in [-0.1, -0.05) is 38.1 Å². The van der Waals surface area contributed by atoms with Gasteiger partial charge in [0.15, 0.2) is 5.78 Å². The van der Waals surface area contributed by atoms with Crippen LogP contribution >= 0.6 is 7.60 Å². The lowest BCUT2D eigenvalue weighted by Gasteiger charge is -2.29. The Bertz CT molecular complexity index is 500. The first kappa shape index (κ1) is 19.2. The van der Waals surface area contributed by atoms with Crippen molar-refractivity contribution in [2.75, 3.05) is 18.3 Å². The summed E-state index contributed by atoms with van der Waals surface area (Å²) < 4.78 is 23.2. The predicted octanol–water partition coefficient (Wildman–Crippen LogP) is 4.75. The summed E-state index contributed by atoms with van der Waals surface area (Å²) in [4.78, 5) is 0. The first-order valence-electron chi connectivity index (χ1n) is 7.61. The van der Waals surface area contributed by atoms with Crippen LogP contribution in [0.3, 0.4) is 0 Å². The molecule has 6 heteroatoms. The molecule has 0 saturated carbocycles. The van der Waals surface area contributed by atoms with Crippen LogP contribution in [0, 0.1) is 0 Å². The van der Waals surface area contributed by atoms with Gasteiger partial charge < -0.3 is 9.05 Å². The molecule has 0 amide bonds. The molecule has 1 aromatic rings. The summed E-state index contributed by atoms with van der Waals surface area (Å²) in [5.41, 5.74) is 1.60. The summed E-state index contributed by atoms with van der Waals surface area (Å²) in [7, 11) is -3.46. The topological polar surface area (TPSA) is 58.7 Å². The van der Waals surface area contributed by atoms with Crippen molar-refractivity contribution >= 4 is 13.3 Å². The van der Waals surface area contributed by atoms with Crippen molar-refractivity contribution in [1.82, 2.24) is 0 Å². The number of hydrogen-bond acceptors (Lipinski definition) is 4. The van der Waals surface area contributed by atoms with Crippen molar-refractivity contribution in [2.45, 2.75) is 52.7 Å². The minimum Gasteiger partial charge on any atom is -0.307 e. The van der Waals surface area contributed by atoms with Gasteiger partial charge >= 0.3 is 7.60 Å². The summed E-state index contributed by atoms with van der Waals surface area (Å²) in [5, 5.41) is 13.2. The van der Waals surface area contributed by atoms with Crippen molar-refractivity contribution in [3.8, 4) is 0 Å². The van der Waals surface area contributed by atoms with Crippen LogP contribution in [0.15, 0.2) is 24.3 Å². The van der Waals surface area contributed by atoms with Gasteiger partial charge in [0.25, 0.3) is 0 Å². The van der Waals surface area contributed by atoms with Crippen LogP contribution in [0.4, 0.5) is 5.69 Å². The Labute approximate surface area is 133 Å². The number of anilines is 1. The van der Waals surface area contributed by atoms with Gasteiger partial charge in [-0.3, -0.25) is 4.57 Å². The Hall–Kier alpha value is -0.870. The zero-order valence-electron chi connectivity index (χ0n) is 14.3. The minimum atomic E-state index is -3.46. The van der Waals surface area contributed by atoms with Gasteiger partial charge in [0.1, 0.15) is 0 Å². The molecule has 1 rings (SSSR count). The van der Waals surface area contributed by atoms with E-state index >= 15 is 0 Å². The SMILES string of the molecule is CCOP(=O)(OCC)C(C)N([O])c1ccc(C(C)(C)C)cc1. The normalized spacial score (nSPS) is 14.0. The Morgan fingerprint density at radius 2 is 1.55 bits per heavy atom. The highest BCUT2D eigenvalue weighted by Gasteiger charge is 2.37. The van der Waals surface area contributed by atoms with Crippen LogP contribution in [-0.2, 0) is 24.2 Å². The number of hydroxylamine groups is 1. The average Bonchev–Trinajstić information content (AvgIpc) is 2.45. The van der Waals surface area contributed by atoms with E-state index in [0.29, 0.717) is 10.8 Å². The molecule has 0 aromatic heterocycles. The highest BCUT2D eigenvalue weighted by molar-refractivity contribution is 7.54. The zero-order chi connectivity index (χ0) is 17.0. The van der Waals surface area contributed by atoms with E-state index in [0.717, 1.165) is 5.56 Å². The largest absolute Gasteiger partial charge is 0.355 e. The Morgan fingerprint density at radius 3 is 1.91 bits per heavy atom. The average molecular weight is 328 g/mol. The smallest absolute Gasteiger partial charge is 0.307 e. The molecule has 5 nitrogen and oxygen atoms in total. The maximum absolute atomic E-state index is 12.7. The molecule has 0 aliphatic carbocycles. The molecule has 1 unspecified atom stereocenters. The summed E-state index contributed by atoms with van der Waals surface area (Å²) in [6.07, 6.45) is 0. The van der Waals surface area contributed by atoms with E-state index in [1.807, 2.05) is 12.1 Å². The molecule has 0 N–H and O–H groups in total. The van der Waals surface area contributed by atoms with Crippen LogP contribution in [0.5, 0.6) is 0 Å². The van der Waals surface area contributed by atoms with Crippen LogP contribution in [0.25, 0.3) is 0 Å². The van der Waals surface area contributed by atoms with Crippen molar-refractivity contribution in [2.24, 2.45) is 0 Å². The van der Waals surface area contributed by atoms with Crippen molar-refractivity contribution in [3.05, 3.63) is 29.8 Å². The highest BCUT2D eigenvalue weighted by atomic mass is 31.2. The molecule has 1 aromatic carbocycles. The zero-order valence-corrected chi connectivity index (χ0v) is 15.2. The summed E-state index contributed by atoms with van der Waals surface area (Å²) in [6, 6.07) is 7.32. The molecule has 0 aliphatic heterocycles. The van der Waals surface area contributed by atoms with Gasteiger partial charge in [-0.05, 0) is 43.9 Å². The molecule has 0 aliphatic rings. The third-order valence-corrected chi connectivity index (χ3v) is 5.76. The number of benzene rings is 1. The maximum atomic E-state index is 12.7. The minimum absolute atomic E-state index is 0.0177. The standard InChI is InChI=1S/C16H27NO4P/c1-7-20-22(19,21-8-2)13(3)17(18)15-11-9-14(10-12-15)16(4,5)6/h9-13H,7-8H2,1-6H3. The number of nitrogens with zero attached hydrogens (tertiary/aromatic N) is 1. The molecule has 0 spiro atoms. The van der Waals surface area contributed by atoms with Gasteiger partial charge in [-0.15, -0.1) is 0 Å². The molecular weight excluding hydrogens is 301 g/mol. The quantitative estimate of drug-likeness (QED) is 0.535. The molecule has 0 heterocycles. The Balaban J connectivity index is 2.98. The summed E-state index contributed by atoms with van der Waals surface area (Å²) in [6.45, 7) is 11.8. The van der Waals surface area contributed by atoms with E-state index in [1.165, 1.54) is 0 Å². The van der Waals surface area contributed by atoms with Gasteiger partial charge in [0.2, 0.25) is 0 Å². The van der Waals surface area contributed by atoms with Crippen molar-refractivity contribution < 1.29 is 18.8 Å². The molecule has 22 heavy (non-hydrogen) atoms. The Kier molecular flexibility index (Phi) is 6.63. The molecule has 0 fully saturated rings. The van der Waals surface area contributed by atoms with Gasteiger partial charge in [-0.25, -0.2) is 5.06 Å². The van der Waals surface area contributed by atoms with Crippen LogP contribution < -0.4 is 5.06 Å². The van der Waals surface area contributed by atoms with E-state index in [-0.39, 0.29) is 18.6 Å². The van der Waals surface area contributed by atoms with Gasteiger partial charge in [0, 0.05) is 0 Å². The molecule has 0 saturated heterocycles. The second kappa shape index (κ2) is 7.60. The fraction of sp³-hybridized carbons (Fsp3) is 0.625. The van der Waals surface area contributed by atoms with Crippen LogP contribution in [0.2, 0.25) is 0 Å². The molecule has 125 valence electrons. The number of hydrogen-bond donors (Lipinski definition) is 0. The van der Waals surface area contributed by atoms with Gasteiger partial charge in [0.05, 0.1) is 18.9 Å². The van der Waals surface area contributed by atoms with Crippen LogP contribution in [-0.4, -0.2) is 19.0 Å². The molecular formula is C16H27NO4P. The second-order valence-electron chi connectivity index (χ2n) is 6.13. The summed E-state index contributed by atoms with van der Waals surface area (Å²) in [5.74, 6) is -0.895. The third-order valence-electron chi connectivity index (χ3n) is 3.40. The summed E-state index contributed by atoms with van der Waals surface area (Å²) >= 11 is 0. The Morgan fingerprint density at radius 1 is 1.09 bits per heavy atom. The fourth-order valence-corrected chi connectivity index (χ4v) is 3.68. The lowest BCUT2D eigenvalue weighted by atomic mass is 9.87. The van der Waals surface area contributed by atoms with E-state index in [4.69, 9.17) is 9.05 Å². The third kappa shape index (κ3) is 4.56. The van der Waals surface area contributed by atoms with E-state index < -0.39 is 13.4 Å². The van der Waals surface area contributed by atoms with Crippen molar-refractivity contribution in [1.29, 1.82) is 0 Å². The van der Waals surface area contributed by atoms with E-state index in [1.54, 1.807) is 32.9 Å². The molecule has 1 atom stereocenters. The van der Waals surface area contributed by atoms with Gasteiger partial charge in [-0.2, -0.15) is 0 Å². The molecule has 0 bridgehead atoms. The lowest BCUT2D eigenvalue weighted by molar-refractivity contribution is 0.131. The fourth-order valence-electron chi connectivity index (χ4n) is 2.07. The maximum Gasteiger partial charge on any atom is 0.355 e. The first-order valence-corrected chi connectivity index (χ1v) is 9.22. The predicted molar refractivity (Wildman–Crippen MR) is 88.6 cm³/mol. The monoisotopic (exact) mass is 328 g/mol. The number of rotatable bonds is 7. The van der Waals surface area contributed by atoms with Crippen molar-refractivity contribution in [3.63, 3.8) is 0 Å².